The first-order valence-corrected chi connectivity index (χ1v) is 10.9. The molecule has 3 heterocycles. The zero-order valence-electron chi connectivity index (χ0n) is 18.2. The largest absolute Gasteiger partial charge is 0.374 e. The van der Waals surface area contributed by atoms with Crippen LogP contribution in [0.25, 0.3) is 0 Å². The summed E-state index contributed by atoms with van der Waals surface area (Å²) in [5.41, 5.74) is 1.83. The first-order chi connectivity index (χ1) is 15.0. The number of hydrogen-bond acceptors (Lipinski definition) is 6. The molecule has 0 aromatic heterocycles. The molecule has 2 aromatic carbocycles. The molecule has 6 nitrogen and oxygen atoms in total. The Morgan fingerprint density at radius 1 is 0.806 bits per heavy atom. The van der Waals surface area contributed by atoms with Gasteiger partial charge in [0.1, 0.15) is 24.4 Å². The number of rotatable bonds is 7. The average Bonchev–Trinajstić information content (AvgIpc) is 2.99. The maximum absolute atomic E-state index is 6.46. The fraction of sp³-hybridized carbons (Fsp3) is 0.520. The molecule has 3 bridgehead atoms. The Hall–Kier alpha value is -1.80. The van der Waals surface area contributed by atoms with Gasteiger partial charge in [-0.3, -0.25) is 4.74 Å². The van der Waals surface area contributed by atoms with Crippen LogP contribution in [0.5, 0.6) is 0 Å². The van der Waals surface area contributed by atoms with E-state index in [4.69, 9.17) is 28.4 Å². The van der Waals surface area contributed by atoms with Crippen molar-refractivity contribution in [1.29, 1.82) is 0 Å². The van der Waals surface area contributed by atoms with Crippen molar-refractivity contribution in [3.8, 4) is 0 Å². The Morgan fingerprint density at radius 3 is 2.06 bits per heavy atom. The van der Waals surface area contributed by atoms with E-state index in [1.54, 1.807) is 0 Å². The van der Waals surface area contributed by atoms with Gasteiger partial charge in [0.15, 0.2) is 6.29 Å². The smallest absolute Gasteiger partial charge is 0.291 e. The minimum atomic E-state index is -1.15. The second-order valence-corrected chi connectivity index (χ2v) is 9.39. The van der Waals surface area contributed by atoms with Gasteiger partial charge < -0.3 is 23.7 Å². The fourth-order valence-corrected chi connectivity index (χ4v) is 4.32. The van der Waals surface area contributed by atoms with E-state index in [2.05, 4.69) is 0 Å². The summed E-state index contributed by atoms with van der Waals surface area (Å²) in [5.74, 6) is -1.15. The molecule has 3 fully saturated rings. The standard InChI is InChI=1S/C25H30O6/c1-24(2,3)25-29-20-19(16-26-14-17-10-6-4-7-11-17)28-23(31-25)22(30-25)21(20)27-15-18-12-8-5-9-13-18/h4-13,19-23H,14-16H2,1-3H3/t19-,20+,21+,22-,23-,25?/m1/s1. The predicted molar refractivity (Wildman–Crippen MR) is 113 cm³/mol. The zero-order chi connectivity index (χ0) is 21.5. The molecule has 2 aromatic rings. The fourth-order valence-electron chi connectivity index (χ4n) is 4.32. The molecular formula is C25H30O6. The highest BCUT2D eigenvalue weighted by molar-refractivity contribution is 5.14. The van der Waals surface area contributed by atoms with E-state index in [0.29, 0.717) is 19.8 Å². The third kappa shape index (κ3) is 4.04. The topological polar surface area (TPSA) is 55.4 Å². The molecule has 3 aliphatic heterocycles. The maximum Gasteiger partial charge on any atom is 0.291 e. The van der Waals surface area contributed by atoms with Crippen molar-refractivity contribution in [3.05, 3.63) is 71.8 Å². The molecule has 0 aliphatic carbocycles. The van der Waals surface area contributed by atoms with Crippen LogP contribution in [0, 0.1) is 5.41 Å². The highest BCUT2D eigenvalue weighted by Gasteiger charge is 2.69. The monoisotopic (exact) mass is 426 g/mol. The number of benzene rings is 2. The van der Waals surface area contributed by atoms with Gasteiger partial charge in [-0.15, -0.1) is 0 Å². The number of fused-ring (bicyclic) bond motifs is 2. The summed E-state index contributed by atoms with van der Waals surface area (Å²) in [5, 5.41) is 0. The quantitative estimate of drug-likeness (QED) is 0.666. The second kappa shape index (κ2) is 8.28. The third-order valence-electron chi connectivity index (χ3n) is 6.04. The van der Waals surface area contributed by atoms with E-state index in [-0.39, 0.29) is 29.8 Å². The van der Waals surface area contributed by atoms with Crippen LogP contribution < -0.4 is 0 Å². The van der Waals surface area contributed by atoms with Crippen LogP contribution in [0.15, 0.2) is 60.7 Å². The van der Waals surface area contributed by atoms with Crippen molar-refractivity contribution in [2.75, 3.05) is 6.61 Å². The second-order valence-electron chi connectivity index (χ2n) is 9.39. The average molecular weight is 427 g/mol. The molecule has 3 saturated heterocycles. The van der Waals surface area contributed by atoms with Crippen LogP contribution in [-0.4, -0.2) is 43.3 Å². The van der Waals surface area contributed by atoms with Gasteiger partial charge in [0.25, 0.3) is 5.97 Å². The Balaban J connectivity index is 1.31. The molecule has 31 heavy (non-hydrogen) atoms. The molecule has 6 heteroatoms. The molecular weight excluding hydrogens is 396 g/mol. The third-order valence-corrected chi connectivity index (χ3v) is 6.04. The summed E-state index contributed by atoms with van der Waals surface area (Å²) in [4.78, 5) is 0. The molecule has 166 valence electrons. The molecule has 0 amide bonds. The number of hydrogen-bond donors (Lipinski definition) is 0. The van der Waals surface area contributed by atoms with Gasteiger partial charge in [-0.1, -0.05) is 81.4 Å². The van der Waals surface area contributed by atoms with E-state index in [1.165, 1.54) is 0 Å². The lowest BCUT2D eigenvalue weighted by molar-refractivity contribution is -0.430. The van der Waals surface area contributed by atoms with Crippen molar-refractivity contribution in [3.63, 3.8) is 0 Å². The first kappa shape index (κ1) is 21.1. The molecule has 0 N–H and O–H groups in total. The number of ether oxygens (including phenoxy) is 6. The lowest BCUT2D eigenvalue weighted by Crippen LogP contribution is -2.64. The van der Waals surface area contributed by atoms with Gasteiger partial charge in [-0.25, -0.2) is 0 Å². The first-order valence-electron chi connectivity index (χ1n) is 10.9. The van der Waals surface area contributed by atoms with E-state index >= 15 is 0 Å². The molecule has 5 rings (SSSR count). The van der Waals surface area contributed by atoms with Crippen molar-refractivity contribution in [2.24, 2.45) is 5.41 Å². The van der Waals surface area contributed by atoms with Crippen LogP contribution in [0.2, 0.25) is 0 Å². The van der Waals surface area contributed by atoms with Gasteiger partial charge in [0.05, 0.1) is 19.8 Å². The maximum atomic E-state index is 6.46. The summed E-state index contributed by atoms with van der Waals surface area (Å²) in [6.07, 6.45) is -1.85. The van der Waals surface area contributed by atoms with Crippen LogP contribution in [0.4, 0.5) is 0 Å². The lowest BCUT2D eigenvalue weighted by Gasteiger charge is -2.48. The SMILES string of the molecule is CC(C)(C)C12O[C@H]3O[C@H](COCc4ccccc4)[C@H](O1)[C@H](OCc1ccccc1)[C@H]3O2. The predicted octanol–water partition coefficient (Wildman–Crippen LogP) is 4.03. The normalized spacial score (nSPS) is 34.2. The Labute approximate surface area is 183 Å². The Morgan fingerprint density at radius 2 is 1.42 bits per heavy atom. The zero-order valence-corrected chi connectivity index (χ0v) is 18.2. The van der Waals surface area contributed by atoms with E-state index in [9.17, 15) is 0 Å². The van der Waals surface area contributed by atoms with Crippen molar-refractivity contribution in [2.45, 2.75) is 70.7 Å². The van der Waals surface area contributed by atoms with Crippen LogP contribution in [-0.2, 0) is 41.6 Å². The van der Waals surface area contributed by atoms with Gasteiger partial charge in [0, 0.05) is 5.41 Å². The highest BCUT2D eigenvalue weighted by Crippen LogP contribution is 2.53. The molecule has 0 saturated carbocycles. The molecule has 0 radical (unpaired) electrons. The summed E-state index contributed by atoms with van der Waals surface area (Å²) in [7, 11) is 0. The summed E-state index contributed by atoms with van der Waals surface area (Å²) in [6.45, 7) is 7.50. The summed E-state index contributed by atoms with van der Waals surface area (Å²) < 4.78 is 37.5. The van der Waals surface area contributed by atoms with E-state index in [1.807, 2.05) is 81.4 Å². The summed E-state index contributed by atoms with van der Waals surface area (Å²) in [6, 6.07) is 20.2. The van der Waals surface area contributed by atoms with Crippen LogP contribution in [0.1, 0.15) is 31.9 Å². The van der Waals surface area contributed by atoms with Crippen LogP contribution in [0.3, 0.4) is 0 Å². The Kier molecular flexibility index (Phi) is 5.63. The lowest BCUT2D eigenvalue weighted by atomic mass is 9.91. The Bertz CT molecular complexity index is 867. The van der Waals surface area contributed by atoms with Gasteiger partial charge in [0.2, 0.25) is 0 Å². The van der Waals surface area contributed by atoms with Gasteiger partial charge >= 0.3 is 0 Å². The molecule has 1 unspecified atom stereocenters. The van der Waals surface area contributed by atoms with Gasteiger partial charge in [-0.05, 0) is 11.1 Å². The highest BCUT2D eigenvalue weighted by atomic mass is 17.0. The van der Waals surface area contributed by atoms with Crippen molar-refractivity contribution >= 4 is 0 Å². The van der Waals surface area contributed by atoms with Crippen molar-refractivity contribution in [1.82, 2.24) is 0 Å². The summed E-state index contributed by atoms with van der Waals surface area (Å²) >= 11 is 0. The van der Waals surface area contributed by atoms with E-state index < -0.39 is 12.3 Å². The van der Waals surface area contributed by atoms with Crippen molar-refractivity contribution < 1.29 is 28.4 Å². The molecule has 0 spiro atoms. The van der Waals surface area contributed by atoms with Crippen LogP contribution >= 0.6 is 0 Å². The minimum Gasteiger partial charge on any atom is -0.374 e. The van der Waals surface area contributed by atoms with Gasteiger partial charge in [-0.2, -0.15) is 0 Å². The molecule has 6 atom stereocenters. The van der Waals surface area contributed by atoms with E-state index in [0.717, 1.165) is 11.1 Å². The molecule has 3 aliphatic rings. The minimum absolute atomic E-state index is 0.303.